The minimum Gasteiger partial charge on any atom is -0.469 e. The van der Waals surface area contributed by atoms with E-state index in [0.717, 1.165) is 28.5 Å². The highest BCUT2D eigenvalue weighted by Gasteiger charge is 2.21. The second kappa shape index (κ2) is 7.70. The van der Waals surface area contributed by atoms with Gasteiger partial charge in [-0.25, -0.2) is 5.10 Å². The summed E-state index contributed by atoms with van der Waals surface area (Å²) in [6, 6.07) is 3.76. The SMILES string of the molecule is CCn1c(SCC(=O)c2cc(C)n(-c3ncn[nH]3)c2C)nnc1-c1ccoc1C. The van der Waals surface area contributed by atoms with Crippen LogP contribution in [0.15, 0.2) is 34.3 Å². The molecule has 0 radical (unpaired) electrons. The number of hydrogen-bond donors (Lipinski definition) is 1. The number of aromatic amines is 1. The van der Waals surface area contributed by atoms with E-state index < -0.39 is 0 Å². The second-order valence-electron chi connectivity index (χ2n) is 6.58. The van der Waals surface area contributed by atoms with Gasteiger partial charge in [-0.2, -0.15) is 10.1 Å². The Kier molecular flexibility index (Phi) is 5.10. The zero-order chi connectivity index (χ0) is 20.5. The number of H-pyrrole nitrogens is 1. The number of ketones is 1. The molecule has 10 heteroatoms. The summed E-state index contributed by atoms with van der Waals surface area (Å²) in [5.41, 5.74) is 3.33. The van der Waals surface area contributed by atoms with Gasteiger partial charge in [-0.15, -0.1) is 10.2 Å². The van der Waals surface area contributed by atoms with E-state index in [2.05, 4.69) is 25.4 Å². The predicted molar refractivity (Wildman–Crippen MR) is 108 cm³/mol. The van der Waals surface area contributed by atoms with Crippen LogP contribution < -0.4 is 0 Å². The first-order valence-electron chi connectivity index (χ1n) is 9.19. The third kappa shape index (κ3) is 3.39. The molecule has 9 nitrogen and oxygen atoms in total. The number of furan rings is 1. The molecule has 0 spiro atoms. The van der Waals surface area contributed by atoms with E-state index in [-0.39, 0.29) is 11.5 Å². The fourth-order valence-electron chi connectivity index (χ4n) is 3.38. The first-order valence-corrected chi connectivity index (χ1v) is 10.2. The van der Waals surface area contributed by atoms with Crippen molar-refractivity contribution in [1.29, 1.82) is 0 Å². The van der Waals surface area contributed by atoms with E-state index >= 15 is 0 Å². The van der Waals surface area contributed by atoms with Crippen LogP contribution in [0.2, 0.25) is 0 Å². The van der Waals surface area contributed by atoms with E-state index in [1.807, 2.05) is 49.0 Å². The van der Waals surface area contributed by atoms with Crippen molar-refractivity contribution in [2.45, 2.75) is 39.4 Å². The molecule has 0 saturated heterocycles. The van der Waals surface area contributed by atoms with Gasteiger partial charge in [-0.05, 0) is 39.8 Å². The number of aromatic nitrogens is 7. The smallest absolute Gasteiger partial charge is 0.229 e. The molecule has 0 atom stereocenters. The molecule has 1 N–H and O–H groups in total. The molecular formula is C19H21N7O2S. The van der Waals surface area contributed by atoms with Gasteiger partial charge in [0.2, 0.25) is 5.95 Å². The lowest BCUT2D eigenvalue weighted by atomic mass is 10.2. The number of aryl methyl sites for hydroxylation is 2. The van der Waals surface area contributed by atoms with Crippen LogP contribution in [0, 0.1) is 20.8 Å². The molecule has 0 saturated carbocycles. The molecule has 0 aliphatic heterocycles. The van der Waals surface area contributed by atoms with Crippen molar-refractivity contribution in [1.82, 2.24) is 34.5 Å². The second-order valence-corrected chi connectivity index (χ2v) is 7.52. The largest absolute Gasteiger partial charge is 0.469 e. The minimum absolute atomic E-state index is 0.0283. The lowest BCUT2D eigenvalue weighted by Gasteiger charge is -2.07. The summed E-state index contributed by atoms with van der Waals surface area (Å²) in [6.45, 7) is 8.46. The molecule has 29 heavy (non-hydrogen) atoms. The Balaban J connectivity index is 1.55. The summed E-state index contributed by atoms with van der Waals surface area (Å²) in [4.78, 5) is 17.1. The van der Waals surface area contributed by atoms with Gasteiger partial charge >= 0.3 is 0 Å². The number of carbonyl (C=O) groups is 1. The van der Waals surface area contributed by atoms with Crippen LogP contribution in [0.3, 0.4) is 0 Å². The highest BCUT2D eigenvalue weighted by Crippen LogP contribution is 2.28. The van der Waals surface area contributed by atoms with E-state index in [1.165, 1.54) is 18.1 Å². The van der Waals surface area contributed by atoms with Crippen molar-refractivity contribution in [2.24, 2.45) is 0 Å². The quantitative estimate of drug-likeness (QED) is 0.367. The van der Waals surface area contributed by atoms with E-state index in [1.54, 1.807) is 6.26 Å². The Hall–Kier alpha value is -3.14. The molecule has 0 aliphatic carbocycles. The summed E-state index contributed by atoms with van der Waals surface area (Å²) in [7, 11) is 0. The van der Waals surface area contributed by atoms with Gasteiger partial charge in [-0.1, -0.05) is 11.8 Å². The number of thioether (sulfide) groups is 1. The van der Waals surface area contributed by atoms with Crippen LogP contribution in [-0.4, -0.2) is 46.0 Å². The zero-order valence-electron chi connectivity index (χ0n) is 16.6. The van der Waals surface area contributed by atoms with Gasteiger partial charge < -0.3 is 8.98 Å². The van der Waals surface area contributed by atoms with Crippen molar-refractivity contribution in [3.8, 4) is 17.3 Å². The number of hydrogen-bond acceptors (Lipinski definition) is 7. The van der Waals surface area contributed by atoms with Crippen molar-refractivity contribution in [3.05, 3.63) is 47.4 Å². The fraction of sp³-hybridized carbons (Fsp3) is 0.316. The molecule has 0 fully saturated rings. The highest BCUT2D eigenvalue weighted by molar-refractivity contribution is 7.99. The van der Waals surface area contributed by atoms with Crippen molar-refractivity contribution in [3.63, 3.8) is 0 Å². The highest BCUT2D eigenvalue weighted by atomic mass is 32.2. The molecule has 4 heterocycles. The van der Waals surface area contributed by atoms with Gasteiger partial charge in [0.1, 0.15) is 12.1 Å². The molecular weight excluding hydrogens is 390 g/mol. The Morgan fingerprint density at radius 2 is 2.10 bits per heavy atom. The maximum atomic E-state index is 12.9. The standard InChI is InChI=1S/C19H21N7O2S/c1-5-25-17(14-6-7-28-13(14)4)22-24-19(25)29-9-16(27)15-8-11(2)26(12(15)3)18-20-10-21-23-18/h6-8,10H,5,9H2,1-4H3,(H,20,21,23). The molecule has 150 valence electrons. The van der Waals surface area contributed by atoms with Crippen LogP contribution in [-0.2, 0) is 6.54 Å². The fourth-order valence-corrected chi connectivity index (χ4v) is 4.27. The van der Waals surface area contributed by atoms with Gasteiger partial charge in [0.25, 0.3) is 0 Å². The van der Waals surface area contributed by atoms with Gasteiger partial charge in [-0.3, -0.25) is 9.36 Å². The summed E-state index contributed by atoms with van der Waals surface area (Å²) in [6.07, 6.45) is 3.09. The average molecular weight is 411 g/mol. The van der Waals surface area contributed by atoms with Crippen molar-refractivity contribution in [2.75, 3.05) is 5.75 Å². The Morgan fingerprint density at radius 1 is 1.28 bits per heavy atom. The van der Waals surface area contributed by atoms with Crippen LogP contribution in [0.1, 0.15) is 34.4 Å². The summed E-state index contributed by atoms with van der Waals surface area (Å²) < 4.78 is 9.27. The third-order valence-corrected chi connectivity index (χ3v) is 5.78. The van der Waals surface area contributed by atoms with Crippen LogP contribution in [0.25, 0.3) is 17.3 Å². The van der Waals surface area contributed by atoms with Gasteiger partial charge in [0.05, 0.1) is 17.6 Å². The van der Waals surface area contributed by atoms with Gasteiger partial charge in [0, 0.05) is 23.5 Å². The average Bonchev–Trinajstić information content (AvgIpc) is 3.47. The molecule has 4 aromatic heterocycles. The molecule has 0 bridgehead atoms. The van der Waals surface area contributed by atoms with Gasteiger partial charge in [0.15, 0.2) is 16.8 Å². The van der Waals surface area contributed by atoms with E-state index in [0.29, 0.717) is 23.2 Å². The number of nitrogens with zero attached hydrogens (tertiary/aromatic N) is 6. The summed E-state index contributed by atoms with van der Waals surface area (Å²) >= 11 is 1.38. The summed E-state index contributed by atoms with van der Waals surface area (Å²) in [5.74, 6) is 2.43. The zero-order valence-corrected chi connectivity index (χ0v) is 17.4. The normalized spacial score (nSPS) is 11.3. The van der Waals surface area contributed by atoms with E-state index in [4.69, 9.17) is 4.42 Å². The lowest BCUT2D eigenvalue weighted by molar-refractivity contribution is 0.102. The van der Waals surface area contributed by atoms with Crippen LogP contribution >= 0.6 is 11.8 Å². The topological polar surface area (TPSA) is 107 Å². The Bertz CT molecular complexity index is 1150. The minimum atomic E-state index is 0.0283. The monoisotopic (exact) mass is 411 g/mol. The molecule has 0 aliphatic rings. The van der Waals surface area contributed by atoms with Crippen molar-refractivity contribution >= 4 is 17.5 Å². The third-order valence-electron chi connectivity index (χ3n) is 4.81. The van der Waals surface area contributed by atoms with E-state index in [9.17, 15) is 4.79 Å². The van der Waals surface area contributed by atoms with Crippen molar-refractivity contribution < 1.29 is 9.21 Å². The Labute approximate surface area is 171 Å². The lowest BCUT2D eigenvalue weighted by Crippen LogP contribution is -2.07. The van der Waals surface area contributed by atoms with Crippen LogP contribution in [0.4, 0.5) is 0 Å². The molecule has 0 aromatic carbocycles. The number of Topliss-reactive ketones (excluding diaryl/α,β-unsaturated/α-hetero) is 1. The Morgan fingerprint density at radius 3 is 2.76 bits per heavy atom. The first-order chi connectivity index (χ1) is 14.0. The molecule has 4 rings (SSSR count). The number of rotatable bonds is 7. The number of carbonyl (C=O) groups excluding carboxylic acids is 1. The molecule has 0 unspecified atom stereocenters. The number of nitrogens with one attached hydrogen (secondary N) is 1. The maximum Gasteiger partial charge on any atom is 0.229 e. The van der Waals surface area contributed by atoms with Crippen LogP contribution in [0.5, 0.6) is 0 Å². The predicted octanol–water partition coefficient (Wildman–Crippen LogP) is 3.37. The first kappa shape index (κ1) is 19.2. The molecule has 0 amide bonds. The summed E-state index contributed by atoms with van der Waals surface area (Å²) in [5, 5.41) is 16.0. The molecule has 4 aromatic rings. The maximum absolute atomic E-state index is 12.9.